The van der Waals surface area contributed by atoms with E-state index in [2.05, 4.69) is 26.5 Å². The zero-order valence-electron chi connectivity index (χ0n) is 16.6. The van der Waals surface area contributed by atoms with Gasteiger partial charge in [-0.05, 0) is 58.2 Å². The summed E-state index contributed by atoms with van der Waals surface area (Å²) in [6.07, 6.45) is 1.48. The number of phenols is 1. The van der Waals surface area contributed by atoms with E-state index in [1.165, 1.54) is 23.9 Å². The molecule has 0 fully saturated rings. The monoisotopic (exact) mass is 468 g/mol. The van der Waals surface area contributed by atoms with Crippen LogP contribution in [0.1, 0.15) is 27.0 Å². The van der Waals surface area contributed by atoms with Crippen molar-refractivity contribution in [3.8, 4) is 17.2 Å². The van der Waals surface area contributed by atoms with Crippen LogP contribution < -0.4 is 14.9 Å². The van der Waals surface area contributed by atoms with Gasteiger partial charge >= 0.3 is 0 Å². The maximum Gasteiger partial charge on any atom is 0.275 e. The molecule has 3 rings (SSSR count). The Kier molecular flexibility index (Phi) is 7.08. The van der Waals surface area contributed by atoms with Crippen LogP contribution >= 0.6 is 15.9 Å². The van der Waals surface area contributed by atoms with Crippen molar-refractivity contribution in [2.75, 3.05) is 7.11 Å². The standard InChI is InChI=1S/C23H21BrN2O4/c1-15-7-9-16(10-8-15)14-30-22-19(24)11-17(12-21(22)29-2)13-25-26-23(28)18-5-3-4-6-20(18)27/h3-13,27H,14H2,1-2H3,(H,26,28)/b25-13-. The Bertz CT molecular complexity index is 1070. The molecule has 30 heavy (non-hydrogen) atoms. The number of carbonyl (C=O) groups excluding carboxylic acids is 1. The first kappa shape index (κ1) is 21.4. The molecule has 0 heterocycles. The summed E-state index contributed by atoms with van der Waals surface area (Å²) in [4.78, 5) is 12.1. The van der Waals surface area contributed by atoms with Gasteiger partial charge in [-0.25, -0.2) is 5.43 Å². The molecule has 0 aliphatic rings. The van der Waals surface area contributed by atoms with Crippen molar-refractivity contribution in [3.05, 3.63) is 87.4 Å². The molecule has 3 aromatic carbocycles. The minimum absolute atomic E-state index is 0.107. The van der Waals surface area contributed by atoms with Gasteiger partial charge in [-0.3, -0.25) is 4.79 Å². The van der Waals surface area contributed by atoms with Gasteiger partial charge < -0.3 is 14.6 Å². The molecule has 0 aliphatic heterocycles. The summed E-state index contributed by atoms with van der Waals surface area (Å²) >= 11 is 3.50. The lowest BCUT2D eigenvalue weighted by Crippen LogP contribution is -2.17. The Hall–Kier alpha value is -3.32. The number of nitrogens with one attached hydrogen (secondary N) is 1. The topological polar surface area (TPSA) is 80.2 Å². The van der Waals surface area contributed by atoms with E-state index in [0.29, 0.717) is 28.1 Å². The second-order valence-corrected chi connectivity index (χ2v) is 7.38. The number of methoxy groups -OCH3 is 1. The largest absolute Gasteiger partial charge is 0.507 e. The summed E-state index contributed by atoms with van der Waals surface area (Å²) in [5.74, 6) is 0.497. The van der Waals surface area contributed by atoms with E-state index in [1.54, 1.807) is 25.3 Å². The number of halogens is 1. The van der Waals surface area contributed by atoms with Gasteiger partial charge in [0.15, 0.2) is 11.5 Å². The smallest absolute Gasteiger partial charge is 0.275 e. The molecule has 0 aliphatic carbocycles. The number of hydrogen-bond acceptors (Lipinski definition) is 5. The summed E-state index contributed by atoms with van der Waals surface area (Å²) < 4.78 is 12.1. The lowest BCUT2D eigenvalue weighted by Gasteiger charge is -2.13. The van der Waals surface area contributed by atoms with Crippen LogP contribution in [-0.4, -0.2) is 24.3 Å². The molecule has 0 saturated heterocycles. The lowest BCUT2D eigenvalue weighted by molar-refractivity contribution is 0.0952. The minimum Gasteiger partial charge on any atom is -0.507 e. The third kappa shape index (κ3) is 5.39. The minimum atomic E-state index is -0.506. The van der Waals surface area contributed by atoms with Crippen molar-refractivity contribution in [1.82, 2.24) is 5.43 Å². The Balaban J connectivity index is 1.70. The highest BCUT2D eigenvalue weighted by Crippen LogP contribution is 2.36. The predicted octanol–water partition coefficient (Wildman–Crippen LogP) is 4.81. The van der Waals surface area contributed by atoms with Crippen LogP contribution in [-0.2, 0) is 6.61 Å². The Morgan fingerprint density at radius 1 is 1.17 bits per heavy atom. The highest BCUT2D eigenvalue weighted by molar-refractivity contribution is 9.10. The number of phenolic OH excluding ortho intramolecular Hbond substituents is 1. The quantitative estimate of drug-likeness (QED) is 0.384. The first-order valence-corrected chi connectivity index (χ1v) is 9.94. The molecule has 0 aromatic heterocycles. The van der Waals surface area contributed by atoms with Crippen molar-refractivity contribution in [3.63, 3.8) is 0 Å². The van der Waals surface area contributed by atoms with Gasteiger partial charge in [0.1, 0.15) is 12.4 Å². The van der Waals surface area contributed by atoms with E-state index in [0.717, 1.165) is 5.56 Å². The molecule has 0 spiro atoms. The molecule has 3 aromatic rings. The molecule has 154 valence electrons. The Labute approximate surface area is 183 Å². The third-order valence-electron chi connectivity index (χ3n) is 4.28. The van der Waals surface area contributed by atoms with Gasteiger partial charge in [0.05, 0.1) is 23.4 Å². The number of hydrogen-bond donors (Lipinski definition) is 2. The summed E-state index contributed by atoms with van der Waals surface area (Å²) in [5.41, 5.74) is 5.47. The normalized spacial score (nSPS) is 10.8. The van der Waals surface area contributed by atoms with Crippen LogP contribution in [0.15, 0.2) is 70.2 Å². The highest BCUT2D eigenvalue weighted by atomic mass is 79.9. The molecular formula is C23H21BrN2O4. The predicted molar refractivity (Wildman–Crippen MR) is 119 cm³/mol. The lowest BCUT2D eigenvalue weighted by atomic mass is 10.2. The Morgan fingerprint density at radius 3 is 2.60 bits per heavy atom. The van der Waals surface area contributed by atoms with E-state index in [-0.39, 0.29) is 11.3 Å². The molecule has 2 N–H and O–H groups in total. The Morgan fingerprint density at radius 2 is 1.90 bits per heavy atom. The van der Waals surface area contributed by atoms with E-state index < -0.39 is 5.91 Å². The second-order valence-electron chi connectivity index (χ2n) is 6.52. The average molecular weight is 469 g/mol. The first-order valence-electron chi connectivity index (χ1n) is 9.15. The average Bonchev–Trinajstić information content (AvgIpc) is 2.74. The molecule has 1 amide bonds. The summed E-state index contributed by atoms with van der Waals surface area (Å²) in [7, 11) is 1.56. The summed E-state index contributed by atoms with van der Waals surface area (Å²) in [6.45, 7) is 2.44. The molecule has 7 heteroatoms. The fourth-order valence-electron chi connectivity index (χ4n) is 2.69. The van der Waals surface area contributed by atoms with Crippen LogP contribution in [0.3, 0.4) is 0 Å². The van der Waals surface area contributed by atoms with Crippen LogP contribution in [0.2, 0.25) is 0 Å². The van der Waals surface area contributed by atoms with Gasteiger partial charge in [0.25, 0.3) is 5.91 Å². The highest BCUT2D eigenvalue weighted by Gasteiger charge is 2.12. The molecule has 0 atom stereocenters. The zero-order valence-corrected chi connectivity index (χ0v) is 18.1. The fraction of sp³-hybridized carbons (Fsp3) is 0.130. The third-order valence-corrected chi connectivity index (χ3v) is 4.87. The van der Waals surface area contributed by atoms with Crippen molar-refractivity contribution < 1.29 is 19.4 Å². The fourth-order valence-corrected chi connectivity index (χ4v) is 3.26. The van der Waals surface area contributed by atoms with Gasteiger partial charge in [-0.1, -0.05) is 42.0 Å². The summed E-state index contributed by atoms with van der Waals surface area (Å²) in [6, 6.07) is 17.9. The summed E-state index contributed by atoms with van der Waals surface area (Å²) in [5, 5.41) is 13.7. The van der Waals surface area contributed by atoms with E-state index in [4.69, 9.17) is 9.47 Å². The number of ether oxygens (including phenoxy) is 2. The number of aromatic hydroxyl groups is 1. The number of hydrazone groups is 1. The number of carbonyl (C=O) groups is 1. The van der Waals surface area contributed by atoms with Gasteiger partial charge in [-0.15, -0.1) is 0 Å². The van der Waals surface area contributed by atoms with Crippen LogP contribution in [0, 0.1) is 6.92 Å². The second kappa shape index (κ2) is 9.93. The van der Waals surface area contributed by atoms with Gasteiger partial charge in [-0.2, -0.15) is 5.10 Å². The number of amides is 1. The number of rotatable bonds is 7. The molecule has 0 unspecified atom stereocenters. The van der Waals surface area contributed by atoms with Crippen molar-refractivity contribution in [1.29, 1.82) is 0 Å². The van der Waals surface area contributed by atoms with Crippen molar-refractivity contribution in [2.24, 2.45) is 5.10 Å². The first-order chi connectivity index (χ1) is 14.5. The van der Waals surface area contributed by atoms with E-state index >= 15 is 0 Å². The maximum absolute atomic E-state index is 12.1. The van der Waals surface area contributed by atoms with Crippen LogP contribution in [0.5, 0.6) is 17.2 Å². The number of nitrogens with zero attached hydrogens (tertiary/aromatic N) is 1. The molecule has 6 nitrogen and oxygen atoms in total. The molecule has 0 radical (unpaired) electrons. The number of aryl methyl sites for hydroxylation is 1. The zero-order chi connectivity index (χ0) is 21.5. The SMILES string of the molecule is COc1cc(/C=N\NC(=O)c2ccccc2O)cc(Br)c1OCc1ccc(C)cc1. The van der Waals surface area contributed by atoms with Crippen molar-refractivity contribution in [2.45, 2.75) is 13.5 Å². The van der Waals surface area contributed by atoms with Gasteiger partial charge in [0, 0.05) is 0 Å². The number of para-hydroxylation sites is 1. The molecular weight excluding hydrogens is 448 g/mol. The van der Waals surface area contributed by atoms with E-state index in [9.17, 15) is 9.90 Å². The van der Waals surface area contributed by atoms with Crippen molar-refractivity contribution >= 4 is 28.1 Å². The van der Waals surface area contributed by atoms with Gasteiger partial charge in [0.2, 0.25) is 0 Å². The van der Waals surface area contributed by atoms with E-state index in [1.807, 2.05) is 37.3 Å². The van der Waals surface area contributed by atoms with Crippen LogP contribution in [0.25, 0.3) is 0 Å². The molecule has 0 bridgehead atoms. The molecule has 0 saturated carbocycles. The number of benzene rings is 3. The van der Waals surface area contributed by atoms with Crippen LogP contribution in [0.4, 0.5) is 0 Å². The maximum atomic E-state index is 12.1.